The minimum atomic E-state index is -1.02. The van der Waals surface area contributed by atoms with Gasteiger partial charge in [0, 0.05) is 67.2 Å². The molecule has 2 aromatic carbocycles. The lowest BCUT2D eigenvalue weighted by Gasteiger charge is -2.12. The number of carboxylic acid groups (broad SMARTS) is 2. The molecule has 6 rings (SSSR count). The Bertz CT molecular complexity index is 2340. The molecule has 4 aromatic heterocycles. The van der Waals surface area contributed by atoms with Gasteiger partial charge in [-0.3, -0.25) is 9.59 Å². The highest BCUT2D eigenvalue weighted by Gasteiger charge is 2.19. The van der Waals surface area contributed by atoms with Crippen LogP contribution in [0, 0.1) is 27.7 Å². The Hall–Kier alpha value is -6.70. The van der Waals surface area contributed by atoms with Crippen molar-refractivity contribution in [2.75, 3.05) is 23.7 Å². The second kappa shape index (κ2) is 15.5. The normalized spacial score (nSPS) is 10.7. The first-order chi connectivity index (χ1) is 24.8. The lowest BCUT2D eigenvalue weighted by atomic mass is 10.1. The van der Waals surface area contributed by atoms with E-state index < -0.39 is 11.9 Å². The molecule has 14 nitrogen and oxygen atoms in total. The van der Waals surface area contributed by atoms with E-state index >= 15 is 0 Å². The Morgan fingerprint density at radius 1 is 0.635 bits per heavy atom. The van der Waals surface area contributed by atoms with Gasteiger partial charge in [0.2, 0.25) is 0 Å². The Morgan fingerprint density at radius 2 is 1.10 bits per heavy atom. The van der Waals surface area contributed by atoms with Gasteiger partial charge in [0.15, 0.2) is 11.6 Å². The first-order valence-electron chi connectivity index (χ1n) is 16.5. The van der Waals surface area contributed by atoms with Crippen LogP contribution in [0.1, 0.15) is 77.5 Å². The van der Waals surface area contributed by atoms with E-state index in [1.54, 1.807) is 48.2 Å². The van der Waals surface area contributed by atoms with Gasteiger partial charge in [0.05, 0.1) is 27.7 Å². The van der Waals surface area contributed by atoms with Crippen molar-refractivity contribution in [2.45, 2.75) is 41.5 Å². The number of nitrogens with zero attached hydrogens (tertiary/aromatic N) is 4. The van der Waals surface area contributed by atoms with Crippen LogP contribution >= 0.6 is 0 Å². The van der Waals surface area contributed by atoms with E-state index in [4.69, 9.17) is 5.11 Å². The van der Waals surface area contributed by atoms with E-state index in [1.807, 2.05) is 57.3 Å². The van der Waals surface area contributed by atoms with E-state index in [9.17, 15) is 24.3 Å². The molecule has 4 heterocycles. The number of aromatic carboxylic acids is 2. The SMILES string of the molecule is CCNC(=O)c1ccc(C)c(Nc2nccn3cc(C(=O)NCC)c(C)c23)c1.Cc1ccc(C(=O)O)cc1Nc1nccn2cc(C(=O)O)c(C)c12. The number of aryl methyl sites for hydroxylation is 4. The molecule has 0 aliphatic heterocycles. The molecule has 52 heavy (non-hydrogen) atoms. The first kappa shape index (κ1) is 36.6. The zero-order valence-corrected chi connectivity index (χ0v) is 29.7. The molecule has 0 fully saturated rings. The van der Waals surface area contributed by atoms with E-state index in [-0.39, 0.29) is 22.9 Å². The maximum absolute atomic E-state index is 12.3. The van der Waals surface area contributed by atoms with Gasteiger partial charge < -0.3 is 40.3 Å². The number of fused-ring (bicyclic) bond motifs is 2. The highest BCUT2D eigenvalue weighted by molar-refractivity contribution is 6.00. The predicted molar refractivity (Wildman–Crippen MR) is 199 cm³/mol. The molecule has 0 bridgehead atoms. The number of carbonyl (C=O) groups excluding carboxylic acids is 2. The Labute approximate surface area is 299 Å². The molecule has 0 saturated heterocycles. The van der Waals surface area contributed by atoms with Crippen LogP contribution < -0.4 is 21.3 Å². The Morgan fingerprint density at radius 3 is 1.60 bits per heavy atom. The van der Waals surface area contributed by atoms with Crippen LogP contribution in [0.3, 0.4) is 0 Å². The summed E-state index contributed by atoms with van der Waals surface area (Å²) in [5.41, 5.74) is 7.69. The molecule has 0 radical (unpaired) electrons. The number of hydrogen-bond donors (Lipinski definition) is 6. The van der Waals surface area contributed by atoms with Crippen LogP contribution in [0.5, 0.6) is 0 Å². The van der Waals surface area contributed by atoms with Crippen LogP contribution in [-0.4, -0.2) is 65.8 Å². The van der Waals surface area contributed by atoms with Crippen molar-refractivity contribution in [3.05, 3.63) is 118 Å². The average Bonchev–Trinajstić information content (AvgIpc) is 3.64. The number of hydrogen-bond acceptors (Lipinski definition) is 8. The van der Waals surface area contributed by atoms with Crippen molar-refractivity contribution in [2.24, 2.45) is 0 Å². The van der Waals surface area contributed by atoms with E-state index in [0.29, 0.717) is 52.6 Å². The van der Waals surface area contributed by atoms with E-state index in [2.05, 4.69) is 31.2 Å². The third kappa shape index (κ3) is 7.55. The summed E-state index contributed by atoms with van der Waals surface area (Å²) in [5.74, 6) is -1.15. The molecule has 0 atom stereocenters. The van der Waals surface area contributed by atoms with Crippen molar-refractivity contribution in [3.63, 3.8) is 0 Å². The van der Waals surface area contributed by atoms with Crippen molar-refractivity contribution in [1.82, 2.24) is 29.4 Å². The molecule has 0 saturated carbocycles. The molecule has 0 aliphatic rings. The largest absolute Gasteiger partial charge is 0.478 e. The Kier molecular flexibility index (Phi) is 10.9. The third-order valence-corrected chi connectivity index (χ3v) is 8.52. The summed E-state index contributed by atoms with van der Waals surface area (Å²) in [5, 5.41) is 30.5. The maximum atomic E-state index is 12.3. The summed E-state index contributed by atoms with van der Waals surface area (Å²) in [4.78, 5) is 55.7. The fraction of sp³-hybridized carbons (Fsp3) is 0.211. The summed E-state index contributed by atoms with van der Waals surface area (Å²) in [6, 6.07) is 10.3. The molecule has 0 aliphatic carbocycles. The zero-order valence-electron chi connectivity index (χ0n) is 29.7. The summed E-state index contributed by atoms with van der Waals surface area (Å²) in [6.07, 6.45) is 10.0. The van der Waals surface area contributed by atoms with Gasteiger partial charge in [-0.2, -0.15) is 0 Å². The van der Waals surface area contributed by atoms with Crippen LogP contribution in [0.15, 0.2) is 73.6 Å². The van der Waals surface area contributed by atoms with Gasteiger partial charge in [-0.1, -0.05) is 12.1 Å². The molecular formula is C38H40N8O6. The standard InChI is InChI=1S/C21H25N5O2.C17H15N3O4/c1-5-22-20(27)15-8-7-13(3)17(11-15)25-19-18-14(4)16(21(28)23-6-2)12-26(18)10-9-24-19;1-9-3-4-11(16(21)22)7-13(9)19-15-14-10(2)12(17(23)24)8-20(14)6-5-18-15/h7-12H,5-6H2,1-4H3,(H,22,27)(H,23,28)(H,24,25);3-8H,1-2H3,(H,18,19)(H,21,22)(H,23,24). The van der Waals surface area contributed by atoms with Crippen molar-refractivity contribution < 1.29 is 29.4 Å². The molecular weight excluding hydrogens is 664 g/mol. The molecule has 0 spiro atoms. The fourth-order valence-corrected chi connectivity index (χ4v) is 5.75. The van der Waals surface area contributed by atoms with Crippen molar-refractivity contribution in [3.8, 4) is 0 Å². The van der Waals surface area contributed by atoms with Crippen LogP contribution in [0.4, 0.5) is 23.0 Å². The summed E-state index contributed by atoms with van der Waals surface area (Å²) >= 11 is 0. The number of carbonyl (C=O) groups is 4. The van der Waals surface area contributed by atoms with Crippen molar-refractivity contribution >= 4 is 57.8 Å². The second-order valence-corrected chi connectivity index (χ2v) is 12.0. The van der Waals surface area contributed by atoms with E-state index in [1.165, 1.54) is 18.3 Å². The Balaban J connectivity index is 0.000000203. The minimum Gasteiger partial charge on any atom is -0.478 e. The topological polar surface area (TPSA) is 191 Å². The zero-order chi connectivity index (χ0) is 37.7. The molecule has 6 aromatic rings. The number of nitrogens with one attached hydrogen (secondary N) is 4. The summed E-state index contributed by atoms with van der Waals surface area (Å²) in [7, 11) is 0. The smallest absolute Gasteiger partial charge is 0.337 e. The van der Waals surface area contributed by atoms with Crippen molar-refractivity contribution in [1.29, 1.82) is 0 Å². The molecule has 6 N–H and O–H groups in total. The number of carboxylic acids is 2. The van der Waals surface area contributed by atoms with Gasteiger partial charge in [-0.25, -0.2) is 19.6 Å². The fourth-order valence-electron chi connectivity index (χ4n) is 5.75. The molecule has 0 unspecified atom stereocenters. The van der Waals surface area contributed by atoms with Gasteiger partial charge in [0.25, 0.3) is 11.8 Å². The number of benzene rings is 2. The summed E-state index contributed by atoms with van der Waals surface area (Å²) < 4.78 is 3.57. The van der Waals surface area contributed by atoms with Gasteiger partial charge in [0.1, 0.15) is 0 Å². The van der Waals surface area contributed by atoms with Gasteiger partial charge >= 0.3 is 11.9 Å². The lowest BCUT2D eigenvalue weighted by molar-refractivity contribution is 0.0685. The summed E-state index contributed by atoms with van der Waals surface area (Å²) in [6.45, 7) is 12.4. The molecule has 2 amide bonds. The molecule has 14 heteroatoms. The van der Waals surface area contributed by atoms with Crippen LogP contribution in [0.25, 0.3) is 11.0 Å². The minimum absolute atomic E-state index is 0.107. The second-order valence-electron chi connectivity index (χ2n) is 12.0. The number of amides is 2. The lowest BCUT2D eigenvalue weighted by Crippen LogP contribution is -2.22. The monoisotopic (exact) mass is 704 g/mol. The van der Waals surface area contributed by atoms with Crippen LogP contribution in [-0.2, 0) is 0 Å². The third-order valence-electron chi connectivity index (χ3n) is 8.52. The van der Waals surface area contributed by atoms with Gasteiger partial charge in [-0.05, 0) is 88.1 Å². The van der Waals surface area contributed by atoms with E-state index in [0.717, 1.165) is 27.9 Å². The quantitative estimate of drug-likeness (QED) is 0.0945. The highest BCUT2D eigenvalue weighted by Crippen LogP contribution is 2.29. The predicted octanol–water partition coefficient (Wildman–Crippen LogP) is 6.29. The average molecular weight is 705 g/mol. The number of anilines is 4. The molecule has 268 valence electrons. The maximum Gasteiger partial charge on any atom is 0.337 e. The highest BCUT2D eigenvalue weighted by atomic mass is 16.4. The number of aromatic nitrogens is 4. The van der Waals surface area contributed by atoms with Gasteiger partial charge in [-0.15, -0.1) is 0 Å². The first-order valence-corrected chi connectivity index (χ1v) is 16.5. The van der Waals surface area contributed by atoms with Crippen LogP contribution in [0.2, 0.25) is 0 Å². The number of rotatable bonds is 10.